The molecule has 0 atom stereocenters. The first-order valence-electron chi connectivity index (χ1n) is 12.1. The Morgan fingerprint density at radius 1 is 1.08 bits per heavy atom. The molecule has 8 heteroatoms. The second-order valence-electron chi connectivity index (χ2n) is 11.7. The third-order valence-corrected chi connectivity index (χ3v) is 7.13. The smallest absolute Gasteiger partial charge is 0.307 e. The molecule has 1 aliphatic carbocycles. The molecule has 0 spiro atoms. The molecule has 0 radical (unpaired) electrons. The molecule has 36 heavy (non-hydrogen) atoms. The van der Waals surface area contributed by atoms with E-state index in [4.69, 9.17) is 9.72 Å². The van der Waals surface area contributed by atoms with E-state index in [0.717, 1.165) is 37.4 Å². The fourth-order valence-corrected chi connectivity index (χ4v) is 5.77. The number of quaternary nitrogens is 1. The van der Waals surface area contributed by atoms with Gasteiger partial charge in [0.2, 0.25) is 5.91 Å². The lowest BCUT2D eigenvalue weighted by Gasteiger charge is -2.28. The fourth-order valence-electron chi connectivity index (χ4n) is 4.80. The fraction of sp³-hybridized carbons (Fsp3) is 0.464. The van der Waals surface area contributed by atoms with Crippen LogP contribution in [0.25, 0.3) is 10.2 Å². The van der Waals surface area contributed by atoms with Crippen molar-refractivity contribution in [1.29, 1.82) is 0 Å². The average Bonchev–Trinajstić information content (AvgIpc) is 3.30. The van der Waals surface area contributed by atoms with Crippen LogP contribution >= 0.6 is 11.3 Å². The summed E-state index contributed by atoms with van der Waals surface area (Å²) in [5.41, 5.74) is 3.02. The molecular formula is C28H36IN3O3S. The Morgan fingerprint density at radius 2 is 1.72 bits per heavy atom. The van der Waals surface area contributed by atoms with E-state index in [2.05, 4.69) is 44.7 Å². The Labute approximate surface area is 235 Å². The molecule has 1 aromatic heterocycles. The number of thiazole rings is 1. The lowest BCUT2D eigenvalue weighted by atomic mass is 9.80. The number of hydrogen-bond acceptors (Lipinski definition) is 5. The number of fused-ring (bicyclic) bond motifs is 2. The molecule has 1 aliphatic rings. The van der Waals surface area contributed by atoms with Gasteiger partial charge in [0, 0.05) is 5.56 Å². The van der Waals surface area contributed by atoms with E-state index in [0.29, 0.717) is 19.4 Å². The van der Waals surface area contributed by atoms with Crippen LogP contribution in [0.3, 0.4) is 0 Å². The van der Waals surface area contributed by atoms with E-state index in [1.165, 1.54) is 5.56 Å². The molecule has 0 fully saturated rings. The lowest BCUT2D eigenvalue weighted by Crippen LogP contribution is -3.00. The topological polar surface area (TPSA) is 68.3 Å². The van der Waals surface area contributed by atoms with Gasteiger partial charge < -0.3 is 38.5 Å². The second-order valence-corrected chi connectivity index (χ2v) is 12.8. The number of esters is 1. The predicted molar refractivity (Wildman–Crippen MR) is 140 cm³/mol. The Balaban J connectivity index is 0.00000361. The van der Waals surface area contributed by atoms with Gasteiger partial charge in [-0.1, -0.05) is 30.3 Å². The van der Waals surface area contributed by atoms with Crippen molar-refractivity contribution in [3.63, 3.8) is 0 Å². The first-order valence-corrected chi connectivity index (χ1v) is 12.9. The lowest BCUT2D eigenvalue weighted by molar-refractivity contribution is -0.883. The number of nitrogens with zero attached hydrogens (tertiary/aromatic N) is 2. The number of carbonyl (C=O) groups is 2. The molecule has 3 aromatic rings. The van der Waals surface area contributed by atoms with Gasteiger partial charge in [0.05, 0.1) is 49.7 Å². The van der Waals surface area contributed by atoms with E-state index in [1.807, 2.05) is 45.0 Å². The zero-order chi connectivity index (χ0) is 25.4. The third kappa shape index (κ3) is 7.04. The van der Waals surface area contributed by atoms with E-state index >= 15 is 0 Å². The van der Waals surface area contributed by atoms with Crippen LogP contribution < -0.4 is 29.3 Å². The highest BCUT2D eigenvalue weighted by molar-refractivity contribution is 7.18. The first kappa shape index (κ1) is 28.5. The van der Waals surface area contributed by atoms with Gasteiger partial charge >= 0.3 is 5.97 Å². The van der Waals surface area contributed by atoms with Gasteiger partial charge in [0.25, 0.3) is 0 Å². The molecule has 1 heterocycles. The average molecular weight is 622 g/mol. The number of aromatic nitrogens is 1. The molecule has 6 nitrogen and oxygen atoms in total. The Kier molecular flexibility index (Phi) is 8.52. The second kappa shape index (κ2) is 10.8. The Morgan fingerprint density at radius 3 is 2.31 bits per heavy atom. The number of hydrogen-bond donors (Lipinski definition) is 1. The van der Waals surface area contributed by atoms with Crippen molar-refractivity contribution in [1.82, 2.24) is 10.3 Å². The molecule has 0 bridgehead atoms. The highest BCUT2D eigenvalue weighted by atomic mass is 127. The molecule has 2 aromatic carbocycles. The Bertz CT molecular complexity index is 1230. The summed E-state index contributed by atoms with van der Waals surface area (Å²) in [5.74, 6) is -0.463. The van der Waals surface area contributed by atoms with Crippen molar-refractivity contribution in [2.75, 3.05) is 21.1 Å². The maximum atomic E-state index is 13.6. The monoisotopic (exact) mass is 621 g/mol. The molecule has 0 unspecified atom stereocenters. The van der Waals surface area contributed by atoms with Crippen LogP contribution in [0, 0.1) is 5.41 Å². The number of halogens is 1. The Hall–Kier alpha value is -2.04. The van der Waals surface area contributed by atoms with E-state index in [-0.39, 0.29) is 42.3 Å². The van der Waals surface area contributed by atoms with Crippen LogP contribution in [-0.4, -0.2) is 48.1 Å². The summed E-state index contributed by atoms with van der Waals surface area (Å²) in [6.45, 7) is 6.82. The van der Waals surface area contributed by atoms with Crippen molar-refractivity contribution < 1.29 is 42.8 Å². The minimum absolute atomic E-state index is 0. The highest BCUT2D eigenvalue weighted by Crippen LogP contribution is 2.41. The number of nitrogens with one attached hydrogen (secondary N) is 1. The minimum Gasteiger partial charge on any atom is -1.00 e. The summed E-state index contributed by atoms with van der Waals surface area (Å²) in [6, 6.07) is 14.4. The van der Waals surface area contributed by atoms with Crippen molar-refractivity contribution in [3.8, 4) is 0 Å². The molecule has 0 saturated heterocycles. The van der Waals surface area contributed by atoms with Gasteiger partial charge in [-0.05, 0) is 56.9 Å². The summed E-state index contributed by atoms with van der Waals surface area (Å²) in [4.78, 5) is 31.1. The number of benzene rings is 2. The van der Waals surface area contributed by atoms with Gasteiger partial charge in [-0.2, -0.15) is 0 Å². The van der Waals surface area contributed by atoms with E-state index in [9.17, 15) is 9.59 Å². The number of ether oxygens (including phenoxy) is 1. The summed E-state index contributed by atoms with van der Waals surface area (Å²) < 4.78 is 7.57. The quantitative estimate of drug-likeness (QED) is 0.248. The van der Waals surface area contributed by atoms with Crippen LogP contribution in [0.15, 0.2) is 42.5 Å². The van der Waals surface area contributed by atoms with Crippen LogP contribution in [0.4, 0.5) is 0 Å². The van der Waals surface area contributed by atoms with Gasteiger partial charge in [-0.3, -0.25) is 9.59 Å². The maximum absolute atomic E-state index is 13.6. The molecule has 4 rings (SSSR count). The van der Waals surface area contributed by atoms with Crippen LogP contribution in [-0.2, 0) is 40.3 Å². The van der Waals surface area contributed by atoms with Crippen molar-refractivity contribution in [2.24, 2.45) is 5.41 Å². The molecule has 194 valence electrons. The summed E-state index contributed by atoms with van der Waals surface area (Å²) in [5, 5.41) is 3.96. The van der Waals surface area contributed by atoms with Crippen LogP contribution in [0.5, 0.6) is 0 Å². The van der Waals surface area contributed by atoms with Gasteiger partial charge in [-0.25, -0.2) is 4.98 Å². The van der Waals surface area contributed by atoms with E-state index in [1.54, 1.807) is 11.3 Å². The highest BCUT2D eigenvalue weighted by Gasteiger charge is 2.46. The number of amides is 1. The van der Waals surface area contributed by atoms with Crippen molar-refractivity contribution in [3.05, 3.63) is 64.2 Å². The predicted octanol–water partition coefficient (Wildman–Crippen LogP) is 1.64. The number of carbonyl (C=O) groups excluding carboxylic acids is 2. The summed E-state index contributed by atoms with van der Waals surface area (Å²) in [6.07, 6.45) is 1.12. The maximum Gasteiger partial charge on any atom is 0.307 e. The molecule has 0 aliphatic heterocycles. The molecular weight excluding hydrogens is 585 g/mol. The molecule has 0 saturated carbocycles. The largest absolute Gasteiger partial charge is 1.00 e. The third-order valence-electron chi connectivity index (χ3n) is 6.11. The van der Waals surface area contributed by atoms with Crippen LogP contribution in [0.2, 0.25) is 0 Å². The first-order chi connectivity index (χ1) is 16.3. The van der Waals surface area contributed by atoms with E-state index < -0.39 is 11.0 Å². The SMILES string of the molecule is CC(C)(C)OC(=O)CC1(C(=O)NCc2nc3ccc(C[N+](C)(C)C)cc3s2)Cc2ccccc2C1.[I-]. The molecule has 1 N–H and O–H groups in total. The standard InChI is InChI=1S/C28H35N3O3S.HI/c1-27(2,3)34-25(32)16-28(14-20-9-7-8-10-21(20)15-28)26(33)29-17-24-30-22-12-11-19(13-23(22)35-24)18-31(4,5)6;/h7-13H,14-18H2,1-6H3;1H. The zero-order valence-electron chi connectivity index (χ0n) is 22.0. The normalized spacial score (nSPS) is 14.7. The van der Waals surface area contributed by atoms with Crippen molar-refractivity contribution in [2.45, 2.75) is 58.7 Å². The van der Waals surface area contributed by atoms with Gasteiger partial charge in [0.15, 0.2) is 0 Å². The summed E-state index contributed by atoms with van der Waals surface area (Å²) >= 11 is 1.61. The van der Waals surface area contributed by atoms with Gasteiger partial charge in [-0.15, -0.1) is 11.3 Å². The minimum atomic E-state index is -0.847. The molecule has 1 amide bonds. The number of rotatable bonds is 7. The summed E-state index contributed by atoms with van der Waals surface area (Å²) in [7, 11) is 6.52. The van der Waals surface area contributed by atoms with Crippen molar-refractivity contribution >= 4 is 33.4 Å². The van der Waals surface area contributed by atoms with Gasteiger partial charge in [0.1, 0.15) is 17.2 Å². The zero-order valence-corrected chi connectivity index (χ0v) is 25.0. The van der Waals surface area contributed by atoms with Crippen LogP contribution in [0.1, 0.15) is 48.9 Å².